The summed E-state index contributed by atoms with van der Waals surface area (Å²) in [6, 6.07) is 16.2. The first-order chi connectivity index (χ1) is 10.3. The van der Waals surface area contributed by atoms with E-state index >= 15 is 0 Å². The highest BCUT2D eigenvalue weighted by Gasteiger charge is 2.07. The number of benzene rings is 2. The van der Waals surface area contributed by atoms with Crippen LogP contribution in [0.25, 0.3) is 21.8 Å². The third-order valence-electron chi connectivity index (χ3n) is 3.31. The summed E-state index contributed by atoms with van der Waals surface area (Å²) in [4.78, 5) is 4.71. The highest BCUT2D eigenvalue weighted by molar-refractivity contribution is 7.13. The number of hydrogen-bond acceptors (Lipinski definition) is 4. The van der Waals surface area contributed by atoms with Gasteiger partial charge in [-0.2, -0.15) is 0 Å². The highest BCUT2D eigenvalue weighted by Crippen LogP contribution is 2.30. The third kappa shape index (κ3) is 2.96. The fraction of sp³-hybridized carbons (Fsp3) is 0.118. The van der Waals surface area contributed by atoms with Crippen LogP contribution in [0.2, 0.25) is 0 Å². The smallest absolute Gasteiger partial charge is 0.124 e. The van der Waals surface area contributed by atoms with Crippen LogP contribution in [-0.2, 0) is 6.54 Å². The summed E-state index contributed by atoms with van der Waals surface area (Å²) in [6.07, 6.45) is 0. The van der Waals surface area contributed by atoms with Gasteiger partial charge in [-0.25, -0.2) is 4.98 Å². The topological polar surface area (TPSA) is 48.1 Å². The van der Waals surface area contributed by atoms with Crippen molar-refractivity contribution >= 4 is 11.3 Å². The zero-order valence-electron chi connectivity index (χ0n) is 11.7. The molecule has 0 aliphatic carbocycles. The fourth-order valence-corrected chi connectivity index (χ4v) is 2.93. The van der Waals surface area contributed by atoms with Crippen molar-refractivity contribution in [2.45, 2.75) is 6.54 Å². The number of ether oxygens (including phenoxy) is 1. The largest absolute Gasteiger partial charge is 0.497 e. The monoisotopic (exact) mass is 296 g/mol. The zero-order valence-corrected chi connectivity index (χ0v) is 12.6. The van der Waals surface area contributed by atoms with Crippen LogP contribution in [0.5, 0.6) is 5.75 Å². The minimum absolute atomic E-state index is 0.562. The number of hydrogen-bond donors (Lipinski definition) is 1. The second-order valence-corrected chi connectivity index (χ2v) is 5.53. The molecule has 3 aromatic rings. The van der Waals surface area contributed by atoms with E-state index in [1.807, 2.05) is 36.4 Å². The SMILES string of the molecule is COc1cccc(-c2nc(-c3ccc(CN)cc3)cs2)c1. The zero-order chi connectivity index (χ0) is 14.7. The van der Waals surface area contributed by atoms with E-state index < -0.39 is 0 Å². The molecule has 0 saturated heterocycles. The molecule has 0 spiro atoms. The number of methoxy groups -OCH3 is 1. The van der Waals surface area contributed by atoms with Gasteiger partial charge in [0.05, 0.1) is 12.8 Å². The third-order valence-corrected chi connectivity index (χ3v) is 4.20. The van der Waals surface area contributed by atoms with Crippen LogP contribution in [0.4, 0.5) is 0 Å². The van der Waals surface area contributed by atoms with Gasteiger partial charge in [-0.15, -0.1) is 11.3 Å². The predicted molar refractivity (Wildman–Crippen MR) is 87.4 cm³/mol. The minimum atomic E-state index is 0.562. The summed E-state index contributed by atoms with van der Waals surface area (Å²) in [5.74, 6) is 0.844. The lowest BCUT2D eigenvalue weighted by Crippen LogP contribution is -1.95. The van der Waals surface area contributed by atoms with Crippen LogP contribution in [0.15, 0.2) is 53.9 Å². The van der Waals surface area contributed by atoms with Crippen LogP contribution >= 0.6 is 11.3 Å². The summed E-state index contributed by atoms with van der Waals surface area (Å²) >= 11 is 1.64. The normalized spacial score (nSPS) is 10.6. The molecular formula is C17H16N2OS. The molecule has 0 radical (unpaired) electrons. The van der Waals surface area contributed by atoms with E-state index in [0.29, 0.717) is 6.54 Å². The molecule has 2 aromatic carbocycles. The molecule has 0 fully saturated rings. The van der Waals surface area contributed by atoms with Gasteiger partial charge in [0.25, 0.3) is 0 Å². The molecule has 0 aliphatic rings. The Labute approximate surface area is 128 Å². The molecule has 3 rings (SSSR count). The number of nitrogens with zero attached hydrogens (tertiary/aromatic N) is 1. The van der Waals surface area contributed by atoms with Gasteiger partial charge in [-0.3, -0.25) is 0 Å². The lowest BCUT2D eigenvalue weighted by molar-refractivity contribution is 0.415. The number of thiazole rings is 1. The van der Waals surface area contributed by atoms with Crippen molar-refractivity contribution in [3.63, 3.8) is 0 Å². The second kappa shape index (κ2) is 6.08. The molecule has 1 aromatic heterocycles. The van der Waals surface area contributed by atoms with Crippen molar-refractivity contribution in [2.24, 2.45) is 5.73 Å². The number of aromatic nitrogens is 1. The average Bonchev–Trinajstić information content (AvgIpc) is 3.05. The summed E-state index contributed by atoms with van der Waals surface area (Å²) in [7, 11) is 1.67. The molecule has 0 amide bonds. The first-order valence-corrected chi connectivity index (χ1v) is 7.57. The molecule has 3 nitrogen and oxygen atoms in total. The van der Waals surface area contributed by atoms with Gasteiger partial charge in [0.1, 0.15) is 10.8 Å². The van der Waals surface area contributed by atoms with Crippen molar-refractivity contribution in [2.75, 3.05) is 7.11 Å². The van der Waals surface area contributed by atoms with Crippen molar-refractivity contribution in [3.05, 3.63) is 59.5 Å². The Bertz CT molecular complexity index is 735. The van der Waals surface area contributed by atoms with E-state index in [0.717, 1.165) is 33.1 Å². The van der Waals surface area contributed by atoms with E-state index in [4.69, 9.17) is 15.5 Å². The van der Waals surface area contributed by atoms with Gasteiger partial charge in [0, 0.05) is 23.1 Å². The van der Waals surface area contributed by atoms with Gasteiger partial charge in [-0.05, 0) is 17.7 Å². The van der Waals surface area contributed by atoms with Gasteiger partial charge < -0.3 is 10.5 Å². The van der Waals surface area contributed by atoms with Crippen LogP contribution < -0.4 is 10.5 Å². The molecule has 0 atom stereocenters. The maximum Gasteiger partial charge on any atom is 0.124 e. The van der Waals surface area contributed by atoms with E-state index in [1.165, 1.54) is 0 Å². The van der Waals surface area contributed by atoms with E-state index in [-0.39, 0.29) is 0 Å². The fourth-order valence-electron chi connectivity index (χ4n) is 2.11. The van der Waals surface area contributed by atoms with Gasteiger partial charge in [0.2, 0.25) is 0 Å². The quantitative estimate of drug-likeness (QED) is 0.793. The Hall–Kier alpha value is -2.17. The molecule has 106 valence electrons. The van der Waals surface area contributed by atoms with Gasteiger partial charge in [0.15, 0.2) is 0 Å². The Morgan fingerprint density at radius 2 is 1.90 bits per heavy atom. The second-order valence-electron chi connectivity index (χ2n) is 4.67. The average molecular weight is 296 g/mol. The summed E-state index contributed by atoms with van der Waals surface area (Å²) in [6.45, 7) is 0.562. The lowest BCUT2D eigenvalue weighted by Gasteiger charge is -2.01. The Kier molecular flexibility index (Phi) is 3.99. The van der Waals surface area contributed by atoms with Crippen molar-refractivity contribution < 1.29 is 4.74 Å². The standard InChI is InChI=1S/C17H16N2OS/c1-20-15-4-2-3-14(9-15)17-19-16(11-21-17)13-7-5-12(10-18)6-8-13/h2-9,11H,10,18H2,1H3. The van der Waals surface area contributed by atoms with Gasteiger partial charge in [-0.1, -0.05) is 36.4 Å². The summed E-state index contributed by atoms with van der Waals surface area (Å²) in [5, 5.41) is 3.07. The molecule has 2 N–H and O–H groups in total. The van der Waals surface area contributed by atoms with E-state index in [1.54, 1.807) is 18.4 Å². The minimum Gasteiger partial charge on any atom is -0.497 e. The molecule has 0 bridgehead atoms. The Morgan fingerprint density at radius 1 is 1.10 bits per heavy atom. The molecule has 0 unspecified atom stereocenters. The lowest BCUT2D eigenvalue weighted by atomic mass is 10.1. The van der Waals surface area contributed by atoms with Crippen LogP contribution in [0.3, 0.4) is 0 Å². The highest BCUT2D eigenvalue weighted by atomic mass is 32.1. The van der Waals surface area contributed by atoms with Crippen LogP contribution in [-0.4, -0.2) is 12.1 Å². The number of rotatable bonds is 4. The van der Waals surface area contributed by atoms with Crippen molar-refractivity contribution in [1.82, 2.24) is 4.98 Å². The first-order valence-electron chi connectivity index (χ1n) is 6.69. The molecular weight excluding hydrogens is 280 g/mol. The van der Waals surface area contributed by atoms with Crippen LogP contribution in [0, 0.1) is 0 Å². The van der Waals surface area contributed by atoms with Crippen LogP contribution in [0.1, 0.15) is 5.56 Å². The van der Waals surface area contributed by atoms with E-state index in [9.17, 15) is 0 Å². The van der Waals surface area contributed by atoms with Crippen molar-refractivity contribution in [1.29, 1.82) is 0 Å². The maximum absolute atomic E-state index is 5.62. The van der Waals surface area contributed by atoms with Crippen molar-refractivity contribution in [3.8, 4) is 27.6 Å². The number of nitrogens with two attached hydrogens (primary N) is 1. The van der Waals surface area contributed by atoms with Gasteiger partial charge >= 0.3 is 0 Å². The molecule has 4 heteroatoms. The predicted octanol–water partition coefficient (Wildman–Crippen LogP) is 3.94. The molecule has 0 aliphatic heterocycles. The maximum atomic E-state index is 5.62. The Morgan fingerprint density at radius 3 is 2.62 bits per heavy atom. The van der Waals surface area contributed by atoms with E-state index in [2.05, 4.69) is 17.5 Å². The molecule has 21 heavy (non-hydrogen) atoms. The first kappa shape index (κ1) is 13.8. The summed E-state index contributed by atoms with van der Waals surface area (Å²) < 4.78 is 5.26. The summed E-state index contributed by atoms with van der Waals surface area (Å²) in [5.41, 5.74) is 9.92. The molecule has 1 heterocycles. The molecule has 0 saturated carbocycles. The Balaban J connectivity index is 1.91.